The third kappa shape index (κ3) is 18.5. The van der Waals surface area contributed by atoms with Gasteiger partial charge in [-0.25, -0.2) is 13.6 Å². The lowest BCUT2D eigenvalue weighted by Gasteiger charge is -2.15. The van der Waals surface area contributed by atoms with Gasteiger partial charge in [-0.1, -0.05) is 200 Å². The van der Waals surface area contributed by atoms with Crippen molar-refractivity contribution in [1.29, 1.82) is 0 Å². The zero-order chi connectivity index (χ0) is 69.1. The molecular formula is C83H69F2N3O10. The van der Waals surface area contributed by atoms with Gasteiger partial charge in [0.05, 0.1) is 6.61 Å². The SMILES string of the molecule is NC(=O)CCc1cc(-c2ccc(F)cc2)ccc1-c1cccc(O)c1.NC(=O)CCc1cc(-c2cccc(F)c2)ccc1-c1cccc(O)c1.O=C1NC(=O)C(Cc2cc(-c3ccccc3)ccc2-c2cccc(O)c2)O1.OCc1cc(-c2ccccc2)ccc1-c1cccc(O)c1. The maximum Gasteiger partial charge on any atom is 0.414 e. The largest absolute Gasteiger partial charge is 0.508 e. The van der Waals surface area contributed by atoms with E-state index in [1.807, 2.05) is 164 Å². The molecule has 1 saturated heterocycles. The van der Waals surface area contributed by atoms with Crippen LogP contribution in [0, 0.1) is 11.6 Å². The van der Waals surface area contributed by atoms with Gasteiger partial charge in [0.15, 0.2) is 6.10 Å². The molecule has 0 aromatic heterocycles. The molecule has 1 unspecified atom stereocenters. The van der Waals surface area contributed by atoms with Gasteiger partial charge in [0.2, 0.25) is 11.8 Å². The second-order valence-corrected chi connectivity index (χ2v) is 23.1. The van der Waals surface area contributed by atoms with E-state index in [1.54, 1.807) is 91.0 Å². The van der Waals surface area contributed by atoms with Crippen LogP contribution in [0.4, 0.5) is 13.6 Å². The normalized spacial score (nSPS) is 12.1. The Morgan fingerprint density at radius 3 is 1.06 bits per heavy atom. The minimum absolute atomic E-state index is 0.0360. The highest BCUT2D eigenvalue weighted by Gasteiger charge is 2.33. The number of benzene rings is 12. The van der Waals surface area contributed by atoms with E-state index in [1.165, 1.54) is 24.3 Å². The first-order valence-corrected chi connectivity index (χ1v) is 31.4. The summed E-state index contributed by atoms with van der Waals surface area (Å²) in [6.07, 6.45) is 0.0989. The molecule has 12 aromatic carbocycles. The van der Waals surface area contributed by atoms with Crippen molar-refractivity contribution in [2.24, 2.45) is 11.5 Å². The number of imide groups is 1. The number of aromatic hydroxyl groups is 4. The van der Waals surface area contributed by atoms with Crippen molar-refractivity contribution in [2.45, 2.75) is 44.8 Å². The molecule has 0 spiro atoms. The molecule has 1 aliphatic heterocycles. The molecule has 10 N–H and O–H groups in total. The van der Waals surface area contributed by atoms with Crippen molar-refractivity contribution >= 4 is 23.8 Å². The molecule has 1 fully saturated rings. The Morgan fingerprint density at radius 2 is 0.684 bits per heavy atom. The van der Waals surface area contributed by atoms with E-state index in [4.69, 9.17) is 16.2 Å². The van der Waals surface area contributed by atoms with Crippen molar-refractivity contribution in [2.75, 3.05) is 0 Å². The Bertz CT molecular complexity index is 4800. The molecule has 0 bridgehead atoms. The number of phenolic OH excluding ortho intramolecular Hbond substituents is 4. The van der Waals surface area contributed by atoms with E-state index in [2.05, 4.69) is 5.32 Å². The molecule has 15 heteroatoms. The van der Waals surface area contributed by atoms with Crippen LogP contribution in [-0.2, 0) is 45.0 Å². The van der Waals surface area contributed by atoms with Gasteiger partial charge in [0, 0.05) is 19.3 Å². The number of primary amides is 2. The van der Waals surface area contributed by atoms with Crippen molar-refractivity contribution in [3.05, 3.63) is 313 Å². The number of hydrogen-bond acceptors (Lipinski definition) is 10. The van der Waals surface area contributed by atoms with E-state index in [0.717, 1.165) is 111 Å². The first-order chi connectivity index (χ1) is 47.4. The summed E-state index contributed by atoms with van der Waals surface area (Å²) in [7, 11) is 0. The van der Waals surface area contributed by atoms with E-state index in [0.29, 0.717) is 12.8 Å². The van der Waals surface area contributed by atoms with Gasteiger partial charge in [-0.3, -0.25) is 19.7 Å². The number of hydrogen-bond donors (Lipinski definition) is 8. The van der Waals surface area contributed by atoms with E-state index < -0.39 is 18.1 Å². The van der Waals surface area contributed by atoms with Crippen LogP contribution in [0.1, 0.15) is 35.1 Å². The standard InChI is InChI=1S/C22H17NO4.2C21H18FNO2.C19H16O2/c24-18-8-4-7-16(12-18)19-10-9-15(14-5-2-1-3-6-14)11-17(19)13-20-21(25)23-22(26)27-20;22-18-5-1-3-14(12-18)15-7-9-20(16-4-2-6-19(24)13-16)17(11-15)8-10-21(23)25;22-18-8-4-14(5-9-18)15-6-10-20(16-2-1-3-19(24)13-16)17(12-15)7-11-21(23)25;20-13-17-11-15(14-5-2-1-3-6-14)9-10-19(17)16-7-4-8-18(21)12-16/h1-12,20,24H,13H2,(H,23,25,26);1-7,9,11-13,24H,8,10H2,(H2,23,25);1-6,8-10,12-13,24H,7,11H2,(H2,23,25);1-12,20-21H,13H2. The van der Waals surface area contributed by atoms with Crippen molar-refractivity contribution in [1.82, 2.24) is 5.32 Å². The Hall–Kier alpha value is -12.5. The van der Waals surface area contributed by atoms with Gasteiger partial charge < -0.3 is 41.7 Å². The Kier molecular flexibility index (Phi) is 22.8. The number of cyclic esters (lactones) is 1. The molecule has 490 valence electrons. The summed E-state index contributed by atoms with van der Waals surface area (Å²) < 4.78 is 31.7. The number of aliphatic hydroxyl groups excluding tert-OH is 1. The minimum Gasteiger partial charge on any atom is -0.508 e. The van der Waals surface area contributed by atoms with Gasteiger partial charge in [-0.2, -0.15) is 0 Å². The Balaban J connectivity index is 0.000000142. The minimum atomic E-state index is -0.861. The monoisotopic (exact) mass is 1310 g/mol. The number of rotatable bonds is 17. The fourth-order valence-electron chi connectivity index (χ4n) is 11.4. The van der Waals surface area contributed by atoms with Crippen LogP contribution in [0.3, 0.4) is 0 Å². The number of amides is 4. The maximum atomic E-state index is 13.5. The number of carbonyl (C=O) groups is 4. The average Bonchev–Trinajstić information content (AvgIpc) is 0.874. The molecule has 1 atom stereocenters. The molecule has 0 radical (unpaired) electrons. The highest BCUT2D eigenvalue weighted by atomic mass is 19.1. The molecular weight excluding hydrogens is 1240 g/mol. The lowest BCUT2D eigenvalue weighted by molar-refractivity contribution is -0.123. The van der Waals surface area contributed by atoms with Crippen molar-refractivity contribution in [3.8, 4) is 112 Å². The fraction of sp³-hybridized carbons (Fsp3) is 0.0843. The molecule has 0 saturated carbocycles. The smallest absolute Gasteiger partial charge is 0.414 e. The number of nitrogens with one attached hydrogen (secondary N) is 1. The van der Waals surface area contributed by atoms with Crippen molar-refractivity contribution < 1.29 is 58.2 Å². The van der Waals surface area contributed by atoms with Crippen molar-refractivity contribution in [3.63, 3.8) is 0 Å². The molecule has 1 heterocycles. The number of aliphatic hydroxyl groups is 1. The summed E-state index contributed by atoms with van der Waals surface area (Å²) in [4.78, 5) is 45.7. The highest BCUT2D eigenvalue weighted by Crippen LogP contribution is 2.37. The van der Waals surface area contributed by atoms with Gasteiger partial charge in [-0.15, -0.1) is 0 Å². The number of halogens is 2. The van der Waals surface area contributed by atoms with Gasteiger partial charge >= 0.3 is 6.09 Å². The lowest BCUT2D eigenvalue weighted by atomic mass is 9.92. The van der Waals surface area contributed by atoms with E-state index in [-0.39, 0.29) is 72.3 Å². The number of nitrogens with two attached hydrogens (primary N) is 2. The second kappa shape index (κ2) is 32.6. The van der Waals surface area contributed by atoms with Gasteiger partial charge in [0.25, 0.3) is 5.91 Å². The number of phenols is 4. The third-order valence-electron chi connectivity index (χ3n) is 16.2. The summed E-state index contributed by atoms with van der Waals surface area (Å²) in [5, 5.41) is 50.7. The Morgan fingerprint density at radius 1 is 0.357 bits per heavy atom. The number of ether oxygens (including phenoxy) is 1. The average molecular weight is 1310 g/mol. The summed E-state index contributed by atoms with van der Waals surface area (Å²) >= 11 is 0. The number of aryl methyl sites for hydroxylation is 2. The van der Waals surface area contributed by atoms with Crippen LogP contribution in [0.25, 0.3) is 89.0 Å². The summed E-state index contributed by atoms with van der Waals surface area (Å²) in [5.41, 5.74) is 29.0. The first kappa shape index (κ1) is 68.4. The van der Waals surface area contributed by atoms with Crippen LogP contribution in [0.2, 0.25) is 0 Å². The van der Waals surface area contributed by atoms with Crippen LogP contribution >= 0.6 is 0 Å². The molecule has 1 aliphatic rings. The predicted molar refractivity (Wildman–Crippen MR) is 379 cm³/mol. The van der Waals surface area contributed by atoms with Gasteiger partial charge in [-0.05, 0) is 203 Å². The second-order valence-electron chi connectivity index (χ2n) is 23.1. The van der Waals surface area contributed by atoms with Crippen LogP contribution in [-0.4, -0.2) is 55.5 Å². The van der Waals surface area contributed by atoms with Crippen LogP contribution in [0.15, 0.2) is 279 Å². The quantitative estimate of drug-likeness (QED) is 0.0429. The number of alkyl carbamates (subject to hydrolysis) is 1. The highest BCUT2D eigenvalue weighted by molar-refractivity contribution is 6.00. The van der Waals surface area contributed by atoms with E-state index >= 15 is 0 Å². The first-order valence-electron chi connectivity index (χ1n) is 31.4. The molecule has 13 rings (SSSR count). The van der Waals surface area contributed by atoms with Crippen LogP contribution < -0.4 is 16.8 Å². The maximum absolute atomic E-state index is 13.5. The fourth-order valence-corrected chi connectivity index (χ4v) is 11.4. The topological polar surface area (TPSA) is 243 Å². The lowest BCUT2D eigenvalue weighted by Crippen LogP contribution is -2.26. The molecule has 12 aromatic rings. The Labute approximate surface area is 565 Å². The molecule has 4 amide bonds. The number of carbonyl (C=O) groups excluding carboxylic acids is 4. The summed E-state index contributed by atoms with van der Waals surface area (Å²) in [5.74, 6) is -1.02. The third-order valence-corrected chi connectivity index (χ3v) is 16.2. The zero-order valence-corrected chi connectivity index (χ0v) is 53.1. The zero-order valence-electron chi connectivity index (χ0n) is 53.1. The molecule has 98 heavy (non-hydrogen) atoms. The summed E-state index contributed by atoms with van der Waals surface area (Å²) in [6.45, 7) is -0.0360. The van der Waals surface area contributed by atoms with Crippen LogP contribution in [0.5, 0.6) is 23.0 Å². The molecule has 13 nitrogen and oxygen atoms in total. The summed E-state index contributed by atoms with van der Waals surface area (Å²) in [6, 6.07) is 84.1. The predicted octanol–water partition coefficient (Wildman–Crippen LogP) is 16.7. The van der Waals surface area contributed by atoms with E-state index in [9.17, 15) is 53.5 Å². The molecule has 0 aliphatic carbocycles. The van der Waals surface area contributed by atoms with Gasteiger partial charge in [0.1, 0.15) is 34.6 Å².